The Hall–Kier alpha value is -1.78. The molecule has 28 heavy (non-hydrogen) atoms. The number of hydrogen-bond donors (Lipinski definition) is 1. The Morgan fingerprint density at radius 1 is 0.929 bits per heavy atom. The van der Waals surface area contributed by atoms with Gasteiger partial charge in [-0.15, -0.1) is 0 Å². The first-order chi connectivity index (χ1) is 13.3. The van der Waals surface area contributed by atoms with E-state index >= 15 is 0 Å². The average molecular weight is 425 g/mol. The molecule has 0 bridgehead atoms. The summed E-state index contributed by atoms with van der Waals surface area (Å²) in [5, 5.41) is 0. The summed E-state index contributed by atoms with van der Waals surface area (Å²) < 4.78 is 59.2. The van der Waals surface area contributed by atoms with Crippen molar-refractivity contribution in [3.8, 4) is 0 Å². The van der Waals surface area contributed by atoms with Gasteiger partial charge in [0.15, 0.2) is 0 Å². The van der Waals surface area contributed by atoms with Gasteiger partial charge in [-0.2, -0.15) is 0 Å². The van der Waals surface area contributed by atoms with Crippen LogP contribution in [0.25, 0.3) is 0 Å². The third-order valence-corrected chi connectivity index (χ3v) is 8.21. The molecule has 152 valence electrons. The Morgan fingerprint density at radius 3 is 2.25 bits per heavy atom. The molecule has 0 unspecified atom stereocenters. The van der Waals surface area contributed by atoms with Crippen molar-refractivity contribution >= 4 is 19.9 Å². The normalized spacial score (nSPS) is 16.2. The fraction of sp³-hybridized carbons (Fsp3) is 0.368. The SMILES string of the molecule is Cc1c(S(=O)(=O)NCCN2CCOCC2)cccc1S(=O)(=O)c1ccccc1. The van der Waals surface area contributed by atoms with Crippen molar-refractivity contribution in [1.82, 2.24) is 9.62 Å². The van der Waals surface area contributed by atoms with Gasteiger partial charge >= 0.3 is 0 Å². The zero-order valence-electron chi connectivity index (χ0n) is 15.7. The van der Waals surface area contributed by atoms with Crippen LogP contribution in [0, 0.1) is 6.92 Å². The Kier molecular flexibility index (Phi) is 6.51. The van der Waals surface area contributed by atoms with Gasteiger partial charge in [-0.3, -0.25) is 4.90 Å². The molecule has 1 saturated heterocycles. The minimum absolute atomic E-state index is 0.00486. The molecule has 1 fully saturated rings. The highest BCUT2D eigenvalue weighted by molar-refractivity contribution is 7.92. The fourth-order valence-electron chi connectivity index (χ4n) is 3.14. The van der Waals surface area contributed by atoms with Crippen LogP contribution in [0.1, 0.15) is 5.56 Å². The monoisotopic (exact) mass is 424 g/mol. The molecule has 2 aromatic carbocycles. The summed E-state index contributed by atoms with van der Waals surface area (Å²) in [4.78, 5) is 2.23. The first kappa shape index (κ1) is 20.9. The molecule has 0 spiro atoms. The largest absolute Gasteiger partial charge is 0.379 e. The standard InChI is InChI=1S/C19H24N2O5S2/c1-16-18(27(22,23)17-6-3-2-4-7-17)8-5-9-19(16)28(24,25)20-10-11-21-12-14-26-15-13-21/h2-9,20H,10-15H2,1H3. The van der Waals surface area contributed by atoms with Gasteiger partial charge in [0, 0.05) is 26.2 Å². The predicted octanol–water partition coefficient (Wildman–Crippen LogP) is 1.44. The molecular weight excluding hydrogens is 400 g/mol. The lowest BCUT2D eigenvalue weighted by atomic mass is 10.2. The van der Waals surface area contributed by atoms with Crippen LogP contribution in [0.4, 0.5) is 0 Å². The maximum atomic E-state index is 12.9. The molecule has 1 heterocycles. The van der Waals surface area contributed by atoms with Crippen LogP contribution >= 0.6 is 0 Å². The second kappa shape index (κ2) is 8.71. The number of ether oxygens (including phenoxy) is 1. The third-order valence-electron chi connectivity index (χ3n) is 4.69. The van der Waals surface area contributed by atoms with Crippen molar-refractivity contribution in [2.75, 3.05) is 39.4 Å². The van der Waals surface area contributed by atoms with E-state index in [1.807, 2.05) is 0 Å². The summed E-state index contributed by atoms with van der Waals surface area (Å²) in [6.07, 6.45) is 0. The summed E-state index contributed by atoms with van der Waals surface area (Å²) in [5.74, 6) is 0. The van der Waals surface area contributed by atoms with E-state index in [4.69, 9.17) is 4.74 Å². The second-order valence-corrected chi connectivity index (χ2v) is 10.2. The van der Waals surface area contributed by atoms with E-state index in [1.54, 1.807) is 18.2 Å². The average Bonchev–Trinajstić information content (AvgIpc) is 2.69. The number of sulfone groups is 1. The van der Waals surface area contributed by atoms with Gasteiger partial charge in [-0.05, 0) is 36.8 Å². The van der Waals surface area contributed by atoms with E-state index in [9.17, 15) is 16.8 Å². The third kappa shape index (κ3) is 4.61. The lowest BCUT2D eigenvalue weighted by Crippen LogP contribution is -2.41. The maximum Gasteiger partial charge on any atom is 0.240 e. The van der Waals surface area contributed by atoms with Gasteiger partial charge in [0.2, 0.25) is 19.9 Å². The van der Waals surface area contributed by atoms with Crippen molar-refractivity contribution in [2.45, 2.75) is 21.6 Å². The number of sulfonamides is 1. The molecule has 0 saturated carbocycles. The van der Waals surface area contributed by atoms with Gasteiger partial charge in [0.05, 0.1) is 27.9 Å². The molecule has 1 N–H and O–H groups in total. The van der Waals surface area contributed by atoms with E-state index in [-0.39, 0.29) is 26.8 Å². The summed E-state index contributed by atoms with van der Waals surface area (Å²) in [6, 6.07) is 12.3. The van der Waals surface area contributed by atoms with Crippen LogP contribution in [0.15, 0.2) is 63.2 Å². The predicted molar refractivity (Wildman–Crippen MR) is 106 cm³/mol. The molecule has 0 atom stereocenters. The Balaban J connectivity index is 1.81. The van der Waals surface area contributed by atoms with E-state index in [2.05, 4.69) is 9.62 Å². The highest BCUT2D eigenvalue weighted by Gasteiger charge is 2.25. The van der Waals surface area contributed by atoms with Crippen molar-refractivity contribution < 1.29 is 21.6 Å². The lowest BCUT2D eigenvalue weighted by Gasteiger charge is -2.26. The Labute approximate surface area is 166 Å². The van der Waals surface area contributed by atoms with E-state index < -0.39 is 19.9 Å². The van der Waals surface area contributed by atoms with Crippen LogP contribution in [0.2, 0.25) is 0 Å². The minimum atomic E-state index is -3.83. The zero-order valence-corrected chi connectivity index (χ0v) is 17.3. The molecule has 9 heteroatoms. The van der Waals surface area contributed by atoms with Crippen molar-refractivity contribution in [2.24, 2.45) is 0 Å². The van der Waals surface area contributed by atoms with Gasteiger partial charge in [0.25, 0.3) is 0 Å². The minimum Gasteiger partial charge on any atom is -0.379 e. The first-order valence-corrected chi connectivity index (χ1v) is 12.0. The number of benzene rings is 2. The van der Waals surface area contributed by atoms with Gasteiger partial charge in [0.1, 0.15) is 0 Å². The van der Waals surface area contributed by atoms with Gasteiger partial charge < -0.3 is 4.74 Å². The lowest BCUT2D eigenvalue weighted by molar-refractivity contribution is 0.0390. The number of morpholine rings is 1. The van der Waals surface area contributed by atoms with Crippen LogP contribution in [0.5, 0.6) is 0 Å². The number of nitrogens with one attached hydrogen (secondary N) is 1. The molecule has 2 aromatic rings. The molecule has 0 amide bonds. The topological polar surface area (TPSA) is 92.8 Å². The summed E-state index contributed by atoms with van der Waals surface area (Å²) in [6.45, 7) is 5.17. The smallest absolute Gasteiger partial charge is 0.240 e. The van der Waals surface area contributed by atoms with Crippen LogP contribution in [-0.2, 0) is 24.6 Å². The van der Waals surface area contributed by atoms with Crippen LogP contribution in [-0.4, -0.2) is 61.1 Å². The van der Waals surface area contributed by atoms with Crippen LogP contribution < -0.4 is 4.72 Å². The molecule has 0 aliphatic carbocycles. The maximum absolute atomic E-state index is 12.9. The highest BCUT2D eigenvalue weighted by atomic mass is 32.2. The fourth-order valence-corrected chi connectivity index (χ4v) is 6.03. The van der Waals surface area contributed by atoms with Gasteiger partial charge in [-0.1, -0.05) is 24.3 Å². The Bertz CT molecular complexity index is 1020. The van der Waals surface area contributed by atoms with Crippen molar-refractivity contribution in [3.05, 3.63) is 54.1 Å². The van der Waals surface area contributed by atoms with Gasteiger partial charge in [-0.25, -0.2) is 21.6 Å². The summed E-state index contributed by atoms with van der Waals surface area (Å²) >= 11 is 0. The molecular formula is C19H24N2O5S2. The van der Waals surface area contributed by atoms with E-state index in [0.717, 1.165) is 13.1 Å². The molecule has 1 aliphatic heterocycles. The van der Waals surface area contributed by atoms with Crippen LogP contribution in [0.3, 0.4) is 0 Å². The summed E-state index contributed by atoms with van der Waals surface area (Å²) in [5.41, 5.74) is 0.213. The van der Waals surface area contributed by atoms with Crippen molar-refractivity contribution in [1.29, 1.82) is 0 Å². The number of hydrogen-bond acceptors (Lipinski definition) is 6. The molecule has 3 rings (SSSR count). The molecule has 7 nitrogen and oxygen atoms in total. The number of rotatable bonds is 7. The van der Waals surface area contributed by atoms with E-state index in [0.29, 0.717) is 19.8 Å². The number of nitrogens with zero attached hydrogens (tertiary/aromatic N) is 1. The van der Waals surface area contributed by atoms with E-state index in [1.165, 1.54) is 37.3 Å². The molecule has 1 aliphatic rings. The quantitative estimate of drug-likeness (QED) is 0.723. The summed E-state index contributed by atoms with van der Waals surface area (Å²) in [7, 11) is -7.63. The molecule has 0 aromatic heterocycles. The zero-order chi connectivity index (χ0) is 20.2. The molecule has 0 radical (unpaired) electrons. The second-order valence-electron chi connectivity index (χ2n) is 6.55. The highest BCUT2D eigenvalue weighted by Crippen LogP contribution is 2.27. The van der Waals surface area contributed by atoms with Crippen molar-refractivity contribution in [3.63, 3.8) is 0 Å². The Morgan fingerprint density at radius 2 is 1.57 bits per heavy atom. The first-order valence-electron chi connectivity index (χ1n) is 9.02.